The highest BCUT2D eigenvalue weighted by Gasteiger charge is 2.48. The summed E-state index contributed by atoms with van der Waals surface area (Å²) in [5, 5.41) is 9.67. The Bertz CT molecular complexity index is 425. The molecule has 3 fully saturated rings. The van der Waals surface area contributed by atoms with E-state index in [1.807, 2.05) is 12.1 Å². The maximum atomic E-state index is 9.67. The standard InChI is InChI=1S/C16H23NO2/c1-11-13-7-14(8-13)17(16(11)10-18)9-12-3-5-15(19-2)6-4-12/h3-6,11,13-14,16,18H,7-10H2,1-2H3/t11-,13?,14?,16?/m1/s1. The molecule has 1 unspecified atom stereocenters. The van der Waals surface area contributed by atoms with Crippen molar-refractivity contribution < 1.29 is 9.84 Å². The Kier molecular flexibility index (Phi) is 3.50. The lowest BCUT2D eigenvalue weighted by molar-refractivity contribution is -0.0955. The lowest BCUT2D eigenvalue weighted by Gasteiger charge is -2.57. The third-order valence-electron chi connectivity index (χ3n) is 5.11. The van der Waals surface area contributed by atoms with Crippen molar-refractivity contribution in [2.24, 2.45) is 11.8 Å². The second-order valence-electron chi connectivity index (χ2n) is 6.01. The predicted octanol–water partition coefficient (Wildman–Crippen LogP) is 2.29. The summed E-state index contributed by atoms with van der Waals surface area (Å²) in [6.07, 6.45) is 2.63. The lowest BCUT2D eigenvalue weighted by Crippen LogP contribution is -2.61. The van der Waals surface area contributed by atoms with Crippen LogP contribution >= 0.6 is 0 Å². The summed E-state index contributed by atoms with van der Waals surface area (Å²) in [5.41, 5.74) is 1.30. The van der Waals surface area contributed by atoms with Crippen LogP contribution in [-0.2, 0) is 6.54 Å². The van der Waals surface area contributed by atoms with Crippen LogP contribution in [0.15, 0.2) is 24.3 Å². The van der Waals surface area contributed by atoms with Gasteiger partial charge in [-0.25, -0.2) is 0 Å². The molecule has 0 amide bonds. The Labute approximate surface area is 115 Å². The van der Waals surface area contributed by atoms with Crippen LogP contribution in [0.25, 0.3) is 0 Å². The molecule has 1 aliphatic carbocycles. The van der Waals surface area contributed by atoms with Crippen LogP contribution in [0.1, 0.15) is 25.3 Å². The number of methoxy groups -OCH3 is 1. The molecular formula is C16H23NO2. The summed E-state index contributed by atoms with van der Waals surface area (Å²) in [6.45, 7) is 3.52. The fourth-order valence-electron chi connectivity index (χ4n) is 3.68. The normalized spacial score (nSPS) is 33.8. The van der Waals surface area contributed by atoms with Gasteiger partial charge in [0.05, 0.1) is 13.7 Å². The Morgan fingerprint density at radius 1 is 1.26 bits per heavy atom. The van der Waals surface area contributed by atoms with Gasteiger partial charge in [-0.3, -0.25) is 4.90 Å². The molecule has 3 nitrogen and oxygen atoms in total. The summed E-state index contributed by atoms with van der Waals surface area (Å²) in [6, 6.07) is 9.30. The third-order valence-corrected chi connectivity index (χ3v) is 5.11. The van der Waals surface area contributed by atoms with Gasteiger partial charge in [-0.1, -0.05) is 19.1 Å². The summed E-state index contributed by atoms with van der Waals surface area (Å²) < 4.78 is 5.19. The van der Waals surface area contributed by atoms with E-state index in [2.05, 4.69) is 24.0 Å². The summed E-state index contributed by atoms with van der Waals surface area (Å²) in [4.78, 5) is 2.51. The minimum atomic E-state index is 0.282. The van der Waals surface area contributed by atoms with E-state index in [1.54, 1.807) is 7.11 Å². The van der Waals surface area contributed by atoms with Crippen molar-refractivity contribution in [2.75, 3.05) is 13.7 Å². The highest BCUT2D eigenvalue weighted by atomic mass is 16.5. The van der Waals surface area contributed by atoms with E-state index >= 15 is 0 Å². The number of aliphatic hydroxyl groups is 1. The van der Waals surface area contributed by atoms with Crippen molar-refractivity contribution in [2.45, 2.75) is 38.4 Å². The Morgan fingerprint density at radius 2 is 1.95 bits per heavy atom. The average Bonchev–Trinajstić information content (AvgIpc) is 2.38. The zero-order valence-electron chi connectivity index (χ0n) is 11.7. The van der Waals surface area contributed by atoms with Crippen LogP contribution in [0.2, 0.25) is 0 Å². The smallest absolute Gasteiger partial charge is 0.118 e. The molecule has 3 aliphatic rings. The second kappa shape index (κ2) is 5.14. The second-order valence-corrected chi connectivity index (χ2v) is 6.01. The Hall–Kier alpha value is -1.06. The number of hydrogen-bond donors (Lipinski definition) is 1. The maximum Gasteiger partial charge on any atom is 0.118 e. The number of rotatable bonds is 4. The molecule has 0 spiro atoms. The minimum Gasteiger partial charge on any atom is -0.497 e. The van der Waals surface area contributed by atoms with Gasteiger partial charge < -0.3 is 9.84 Å². The molecular weight excluding hydrogens is 238 g/mol. The minimum absolute atomic E-state index is 0.282. The van der Waals surface area contributed by atoms with Gasteiger partial charge >= 0.3 is 0 Å². The number of ether oxygens (including phenoxy) is 1. The quantitative estimate of drug-likeness (QED) is 0.902. The van der Waals surface area contributed by atoms with E-state index in [4.69, 9.17) is 4.74 Å². The van der Waals surface area contributed by atoms with E-state index in [0.29, 0.717) is 18.0 Å². The number of hydrogen-bond acceptors (Lipinski definition) is 3. The van der Waals surface area contributed by atoms with Gasteiger partial charge in [0.2, 0.25) is 0 Å². The number of piperidine rings is 2. The Balaban J connectivity index is 1.73. The van der Waals surface area contributed by atoms with E-state index in [1.165, 1.54) is 18.4 Å². The molecule has 2 atom stereocenters. The number of nitrogens with zero attached hydrogens (tertiary/aromatic N) is 1. The fraction of sp³-hybridized carbons (Fsp3) is 0.625. The molecule has 2 heterocycles. The summed E-state index contributed by atoms with van der Waals surface area (Å²) in [7, 11) is 1.69. The Morgan fingerprint density at radius 3 is 2.53 bits per heavy atom. The van der Waals surface area contributed by atoms with E-state index in [-0.39, 0.29) is 6.61 Å². The summed E-state index contributed by atoms with van der Waals surface area (Å²) >= 11 is 0. The van der Waals surface area contributed by atoms with Crippen molar-refractivity contribution in [1.82, 2.24) is 4.90 Å². The first-order valence-corrected chi connectivity index (χ1v) is 7.22. The number of aliphatic hydroxyl groups excluding tert-OH is 1. The fourth-order valence-corrected chi connectivity index (χ4v) is 3.68. The van der Waals surface area contributed by atoms with Crippen molar-refractivity contribution in [3.05, 3.63) is 29.8 Å². The highest BCUT2D eigenvalue weighted by Crippen LogP contribution is 2.46. The van der Waals surface area contributed by atoms with Gasteiger partial charge in [-0.2, -0.15) is 0 Å². The van der Waals surface area contributed by atoms with Gasteiger partial charge in [0, 0.05) is 18.6 Å². The molecule has 1 aromatic carbocycles. The first-order valence-electron chi connectivity index (χ1n) is 7.22. The van der Waals surface area contributed by atoms with Gasteiger partial charge in [0.25, 0.3) is 0 Å². The third kappa shape index (κ3) is 2.26. The van der Waals surface area contributed by atoms with Gasteiger partial charge in [-0.15, -0.1) is 0 Å². The van der Waals surface area contributed by atoms with Gasteiger partial charge in [0.1, 0.15) is 5.75 Å². The SMILES string of the molecule is COc1ccc(CN2C3CC(C3)[C@@H](C)C2CO)cc1. The molecule has 4 rings (SSSR count). The van der Waals surface area contributed by atoms with Crippen LogP contribution in [0.3, 0.4) is 0 Å². The van der Waals surface area contributed by atoms with Crippen molar-refractivity contribution >= 4 is 0 Å². The maximum absolute atomic E-state index is 9.67. The first-order chi connectivity index (χ1) is 9.22. The van der Waals surface area contributed by atoms with E-state index in [9.17, 15) is 5.11 Å². The molecule has 3 heteroatoms. The van der Waals surface area contributed by atoms with Crippen molar-refractivity contribution in [1.29, 1.82) is 0 Å². The summed E-state index contributed by atoms with van der Waals surface area (Å²) in [5.74, 6) is 2.36. The predicted molar refractivity (Wildman–Crippen MR) is 75.1 cm³/mol. The van der Waals surface area contributed by atoms with Crippen LogP contribution in [0.4, 0.5) is 0 Å². The largest absolute Gasteiger partial charge is 0.497 e. The average molecular weight is 261 g/mol. The zero-order valence-corrected chi connectivity index (χ0v) is 11.7. The molecule has 19 heavy (non-hydrogen) atoms. The lowest BCUT2D eigenvalue weighted by atomic mass is 9.65. The molecule has 1 saturated carbocycles. The van der Waals surface area contributed by atoms with E-state index < -0.39 is 0 Å². The molecule has 2 bridgehead atoms. The van der Waals surface area contributed by atoms with Crippen LogP contribution < -0.4 is 4.74 Å². The highest BCUT2D eigenvalue weighted by molar-refractivity contribution is 5.27. The number of fused-ring (bicyclic) bond motifs is 2. The molecule has 1 aromatic rings. The zero-order chi connectivity index (χ0) is 13.4. The van der Waals surface area contributed by atoms with Crippen LogP contribution in [0, 0.1) is 11.8 Å². The van der Waals surface area contributed by atoms with Gasteiger partial charge in [0.15, 0.2) is 0 Å². The monoisotopic (exact) mass is 261 g/mol. The van der Waals surface area contributed by atoms with E-state index in [0.717, 1.165) is 18.2 Å². The molecule has 2 saturated heterocycles. The molecule has 104 valence electrons. The number of benzene rings is 1. The topological polar surface area (TPSA) is 32.7 Å². The first kappa shape index (κ1) is 12.9. The molecule has 1 N–H and O–H groups in total. The molecule has 0 aromatic heterocycles. The molecule has 2 aliphatic heterocycles. The van der Waals surface area contributed by atoms with Crippen molar-refractivity contribution in [3.8, 4) is 5.75 Å². The van der Waals surface area contributed by atoms with Crippen molar-refractivity contribution in [3.63, 3.8) is 0 Å². The van der Waals surface area contributed by atoms with Gasteiger partial charge in [-0.05, 0) is 42.4 Å². The molecule has 0 radical (unpaired) electrons. The van der Waals surface area contributed by atoms with Crippen LogP contribution in [-0.4, -0.2) is 35.8 Å². The van der Waals surface area contributed by atoms with Crippen LogP contribution in [0.5, 0.6) is 5.75 Å².